The fourth-order valence-corrected chi connectivity index (χ4v) is 7.23. The first-order valence-corrected chi connectivity index (χ1v) is 14.6. The molecule has 1 aromatic carbocycles. The average molecular weight is 591 g/mol. The molecule has 5 fully saturated rings. The van der Waals surface area contributed by atoms with E-state index in [-0.39, 0.29) is 35.2 Å². The van der Waals surface area contributed by atoms with Crippen LogP contribution in [0.4, 0.5) is 15.0 Å². The number of hydrogen-bond donors (Lipinski definition) is 0. The molecule has 1 aromatic heterocycles. The molecule has 0 spiro atoms. The molecule has 0 radical (unpaired) electrons. The number of fused-ring (bicyclic) bond motifs is 6. The molecule has 8 nitrogen and oxygen atoms in total. The SMILES string of the molecule is CN1CC2CCC1(COc1nc(N3CC4CCC(C3)N4C(=O)OC(C)(C)C)c3ccc(Br)c(F)c3n1)CC2. The zero-order valence-corrected chi connectivity index (χ0v) is 24.3. The Morgan fingerprint density at radius 1 is 1.11 bits per heavy atom. The van der Waals surface area contributed by atoms with Crippen LogP contribution in [0.3, 0.4) is 0 Å². The Hall–Kier alpha value is -2.20. The van der Waals surface area contributed by atoms with Gasteiger partial charge in [-0.3, -0.25) is 9.80 Å². The van der Waals surface area contributed by atoms with Gasteiger partial charge in [-0.25, -0.2) is 9.18 Å². The molecule has 2 aromatic rings. The summed E-state index contributed by atoms with van der Waals surface area (Å²) in [5, 5.41) is 0.650. The molecule has 4 aliphatic heterocycles. The van der Waals surface area contributed by atoms with E-state index in [0.29, 0.717) is 35.4 Å². The van der Waals surface area contributed by atoms with Crippen LogP contribution in [0.15, 0.2) is 16.6 Å². The highest BCUT2D eigenvalue weighted by atomic mass is 79.9. The van der Waals surface area contributed by atoms with E-state index in [1.165, 1.54) is 12.8 Å². The molecule has 38 heavy (non-hydrogen) atoms. The van der Waals surface area contributed by atoms with Gasteiger partial charge in [0.15, 0.2) is 5.82 Å². The molecular formula is C28H37BrFN5O3. The number of carbonyl (C=O) groups excluding carboxylic acids is 1. The lowest BCUT2D eigenvalue weighted by atomic mass is 9.71. The van der Waals surface area contributed by atoms with Gasteiger partial charge in [0.2, 0.25) is 0 Å². The molecule has 1 saturated carbocycles. The molecule has 7 rings (SSSR count). The second-order valence-corrected chi connectivity index (χ2v) is 13.5. The minimum absolute atomic E-state index is 0.0127. The fourth-order valence-electron chi connectivity index (χ4n) is 6.91. The van der Waals surface area contributed by atoms with E-state index in [0.717, 1.165) is 38.1 Å². The summed E-state index contributed by atoms with van der Waals surface area (Å²) in [6, 6.07) is 3.80. The Morgan fingerprint density at radius 2 is 1.79 bits per heavy atom. The van der Waals surface area contributed by atoms with Crippen LogP contribution in [-0.4, -0.2) is 82.4 Å². The van der Waals surface area contributed by atoms with E-state index in [2.05, 4.69) is 37.8 Å². The minimum Gasteiger partial charge on any atom is -0.461 e. The van der Waals surface area contributed by atoms with Crippen molar-refractivity contribution < 1.29 is 18.7 Å². The molecule has 206 valence electrons. The number of rotatable bonds is 4. The van der Waals surface area contributed by atoms with Crippen molar-refractivity contribution in [2.24, 2.45) is 5.92 Å². The van der Waals surface area contributed by atoms with Crippen LogP contribution in [0.25, 0.3) is 10.9 Å². The number of piperazine rings is 1. The number of anilines is 1. The molecular weight excluding hydrogens is 553 g/mol. The Balaban J connectivity index is 1.29. The van der Waals surface area contributed by atoms with Crippen LogP contribution in [0.2, 0.25) is 0 Å². The first kappa shape index (κ1) is 26.0. The summed E-state index contributed by atoms with van der Waals surface area (Å²) in [7, 11) is 2.18. The molecule has 1 amide bonds. The second-order valence-electron chi connectivity index (χ2n) is 12.6. The number of aromatic nitrogens is 2. The smallest absolute Gasteiger partial charge is 0.410 e. The van der Waals surface area contributed by atoms with Gasteiger partial charge in [0.25, 0.3) is 0 Å². The van der Waals surface area contributed by atoms with Crippen molar-refractivity contribution in [2.45, 2.75) is 82.5 Å². The van der Waals surface area contributed by atoms with Gasteiger partial charge in [0, 0.05) is 25.0 Å². The van der Waals surface area contributed by atoms with Gasteiger partial charge in [0.05, 0.1) is 22.1 Å². The Kier molecular flexibility index (Phi) is 6.49. The predicted octanol–water partition coefficient (Wildman–Crippen LogP) is 5.37. The number of benzene rings is 1. The third kappa shape index (κ3) is 4.61. The van der Waals surface area contributed by atoms with Gasteiger partial charge >= 0.3 is 12.1 Å². The third-order valence-corrected chi connectivity index (χ3v) is 9.57. The van der Waals surface area contributed by atoms with Crippen molar-refractivity contribution in [2.75, 3.05) is 38.2 Å². The number of hydrogen-bond acceptors (Lipinski definition) is 7. The van der Waals surface area contributed by atoms with Crippen LogP contribution >= 0.6 is 15.9 Å². The van der Waals surface area contributed by atoms with E-state index >= 15 is 4.39 Å². The van der Waals surface area contributed by atoms with Gasteiger partial charge in [-0.05, 0) is 100 Å². The van der Waals surface area contributed by atoms with Gasteiger partial charge in [-0.15, -0.1) is 0 Å². The Bertz CT molecular complexity index is 1230. The largest absolute Gasteiger partial charge is 0.461 e. The molecule has 5 aliphatic rings. The number of ether oxygens (including phenoxy) is 2. The zero-order chi connectivity index (χ0) is 26.8. The summed E-state index contributed by atoms with van der Waals surface area (Å²) in [6.07, 6.45) is 6.20. The average Bonchev–Trinajstić information content (AvgIpc) is 3.14. The van der Waals surface area contributed by atoms with E-state index in [1.54, 1.807) is 6.07 Å². The monoisotopic (exact) mass is 589 g/mol. The van der Waals surface area contributed by atoms with E-state index in [4.69, 9.17) is 14.5 Å². The lowest BCUT2D eigenvalue weighted by molar-refractivity contribution is -0.0448. The maximum Gasteiger partial charge on any atom is 0.410 e. The van der Waals surface area contributed by atoms with Gasteiger partial charge < -0.3 is 14.4 Å². The molecule has 2 atom stereocenters. The molecule has 10 heteroatoms. The normalized spacial score (nSPS) is 29.3. The predicted molar refractivity (Wildman–Crippen MR) is 147 cm³/mol. The van der Waals surface area contributed by atoms with Crippen molar-refractivity contribution in [1.82, 2.24) is 19.8 Å². The van der Waals surface area contributed by atoms with Gasteiger partial charge in [-0.2, -0.15) is 9.97 Å². The Morgan fingerprint density at radius 3 is 2.42 bits per heavy atom. The molecule has 4 bridgehead atoms. The van der Waals surface area contributed by atoms with Crippen molar-refractivity contribution in [3.8, 4) is 6.01 Å². The lowest BCUT2D eigenvalue weighted by Crippen LogP contribution is -2.59. The highest BCUT2D eigenvalue weighted by Gasteiger charge is 2.46. The number of nitrogens with zero attached hydrogens (tertiary/aromatic N) is 5. The highest BCUT2D eigenvalue weighted by molar-refractivity contribution is 9.10. The number of amides is 1. The lowest BCUT2D eigenvalue weighted by Gasteiger charge is -2.52. The first-order chi connectivity index (χ1) is 18.0. The van der Waals surface area contributed by atoms with Crippen molar-refractivity contribution in [3.05, 3.63) is 22.4 Å². The summed E-state index contributed by atoms with van der Waals surface area (Å²) < 4.78 is 27.7. The number of carbonyl (C=O) groups is 1. The van der Waals surface area contributed by atoms with Crippen molar-refractivity contribution in [3.63, 3.8) is 0 Å². The van der Waals surface area contributed by atoms with E-state index in [1.807, 2.05) is 31.7 Å². The fraction of sp³-hybridized carbons (Fsp3) is 0.679. The zero-order valence-electron chi connectivity index (χ0n) is 22.7. The Labute approximate surface area is 232 Å². The number of piperidine rings is 2. The topological polar surface area (TPSA) is 71.0 Å². The van der Waals surface area contributed by atoms with Crippen LogP contribution in [0.5, 0.6) is 6.01 Å². The van der Waals surface area contributed by atoms with E-state index in [9.17, 15) is 4.79 Å². The van der Waals surface area contributed by atoms with Crippen molar-refractivity contribution in [1.29, 1.82) is 0 Å². The second kappa shape index (κ2) is 9.47. The van der Waals surface area contributed by atoms with Crippen LogP contribution in [0.1, 0.15) is 59.3 Å². The van der Waals surface area contributed by atoms with Gasteiger partial charge in [-0.1, -0.05) is 0 Å². The van der Waals surface area contributed by atoms with Crippen LogP contribution < -0.4 is 9.64 Å². The minimum atomic E-state index is -0.543. The molecule has 4 saturated heterocycles. The summed E-state index contributed by atoms with van der Waals surface area (Å²) in [5.74, 6) is 1.03. The maximum atomic E-state index is 15.3. The number of likely N-dealkylation sites (N-methyl/N-ethyl adjacent to an activating group) is 1. The molecule has 5 heterocycles. The summed E-state index contributed by atoms with van der Waals surface area (Å²) in [5.41, 5.74) is -0.306. The molecule has 0 N–H and O–H groups in total. The quantitative estimate of drug-likeness (QED) is 0.474. The first-order valence-electron chi connectivity index (χ1n) is 13.8. The summed E-state index contributed by atoms with van der Waals surface area (Å²) in [4.78, 5) is 28.9. The third-order valence-electron chi connectivity index (χ3n) is 8.95. The standard InChI is InChI=1S/C28H37BrFN5O3/c1-27(2,3)38-26(36)35-18-5-6-19(35)15-34(14-18)24-20-7-8-21(29)22(30)23(20)31-25(32-24)37-16-28-11-9-17(10-12-28)13-33(28)4/h7-8,17-19H,5-6,9-16H2,1-4H3. The number of halogens is 2. The van der Waals surface area contributed by atoms with E-state index < -0.39 is 11.4 Å². The highest BCUT2D eigenvalue weighted by Crippen LogP contribution is 2.43. The van der Waals surface area contributed by atoms with Crippen LogP contribution in [0, 0.1) is 11.7 Å². The molecule has 1 aliphatic carbocycles. The molecule has 2 unspecified atom stereocenters. The van der Waals surface area contributed by atoms with Crippen LogP contribution in [-0.2, 0) is 4.74 Å². The summed E-state index contributed by atoms with van der Waals surface area (Å²) in [6.45, 7) is 8.47. The maximum absolute atomic E-state index is 15.3. The summed E-state index contributed by atoms with van der Waals surface area (Å²) >= 11 is 3.32. The van der Waals surface area contributed by atoms with Crippen molar-refractivity contribution >= 4 is 38.7 Å². The van der Waals surface area contributed by atoms with Gasteiger partial charge in [0.1, 0.15) is 23.5 Å².